The average molecular weight is 195 g/mol. The van der Waals surface area contributed by atoms with E-state index >= 15 is 0 Å². The highest BCUT2D eigenvalue weighted by atomic mass is 35.5. The van der Waals surface area contributed by atoms with Crippen LogP contribution in [0.3, 0.4) is 0 Å². The van der Waals surface area contributed by atoms with Crippen molar-refractivity contribution in [3.8, 4) is 6.07 Å². The first kappa shape index (κ1) is 10.1. The van der Waals surface area contributed by atoms with Crippen molar-refractivity contribution in [1.82, 2.24) is 0 Å². The van der Waals surface area contributed by atoms with Crippen LogP contribution in [0.25, 0.3) is 0 Å². The zero-order valence-corrected chi connectivity index (χ0v) is 7.49. The van der Waals surface area contributed by atoms with E-state index in [1.165, 1.54) is 12.1 Å². The Kier molecular flexibility index (Phi) is 3.32. The number of rotatable bonds is 2. The largest absolute Gasteiger partial charge is 0.488 e. The highest BCUT2D eigenvalue weighted by molar-refractivity contribution is 6.59. The van der Waals surface area contributed by atoms with Gasteiger partial charge in [0.1, 0.15) is 0 Å². The summed E-state index contributed by atoms with van der Waals surface area (Å²) in [6, 6.07) is 6.55. The molecule has 1 aromatic carbocycles. The molecule has 0 fully saturated rings. The lowest BCUT2D eigenvalue weighted by Crippen LogP contribution is -2.29. The molecule has 0 aromatic heterocycles. The Bertz CT molecular complexity index is 348. The van der Waals surface area contributed by atoms with E-state index in [1.807, 2.05) is 6.07 Å². The molecule has 0 amide bonds. The molecule has 0 atom stereocenters. The first-order valence-electron chi connectivity index (χ1n) is 3.66. The van der Waals surface area contributed by atoms with E-state index in [2.05, 4.69) is 0 Å². The van der Waals surface area contributed by atoms with E-state index in [0.29, 0.717) is 16.0 Å². The standard InChI is InChI=1S/C8H7BClNO2/c10-8-5-7(9(12)13)2-1-6(8)3-4-11/h1-2,5,12-13H,3H2. The highest BCUT2D eigenvalue weighted by Gasteiger charge is 2.12. The third-order valence-electron chi connectivity index (χ3n) is 1.64. The fourth-order valence-electron chi connectivity index (χ4n) is 0.953. The van der Waals surface area contributed by atoms with E-state index in [4.69, 9.17) is 26.9 Å². The van der Waals surface area contributed by atoms with Gasteiger partial charge in [0.2, 0.25) is 0 Å². The predicted molar refractivity (Wildman–Crippen MR) is 50.6 cm³/mol. The van der Waals surface area contributed by atoms with Crippen molar-refractivity contribution in [3.63, 3.8) is 0 Å². The summed E-state index contributed by atoms with van der Waals surface area (Å²) >= 11 is 5.78. The molecule has 0 spiro atoms. The first-order chi connectivity index (χ1) is 6.15. The zero-order chi connectivity index (χ0) is 9.84. The third-order valence-corrected chi connectivity index (χ3v) is 2.00. The zero-order valence-electron chi connectivity index (χ0n) is 6.74. The Labute approximate surface area is 81.3 Å². The van der Waals surface area contributed by atoms with Crippen LogP contribution in [0.15, 0.2) is 18.2 Å². The third kappa shape index (κ3) is 2.46. The second-order valence-corrected chi connectivity index (χ2v) is 2.97. The molecule has 1 aromatic rings. The van der Waals surface area contributed by atoms with E-state index in [1.54, 1.807) is 6.07 Å². The smallest absolute Gasteiger partial charge is 0.423 e. The second kappa shape index (κ2) is 4.29. The van der Waals surface area contributed by atoms with Gasteiger partial charge in [0.15, 0.2) is 0 Å². The van der Waals surface area contributed by atoms with Gasteiger partial charge in [-0.2, -0.15) is 5.26 Å². The van der Waals surface area contributed by atoms with Gasteiger partial charge in [0.05, 0.1) is 12.5 Å². The van der Waals surface area contributed by atoms with E-state index in [0.717, 1.165) is 0 Å². The molecule has 5 heteroatoms. The van der Waals surface area contributed by atoms with Gasteiger partial charge in [-0.3, -0.25) is 0 Å². The van der Waals surface area contributed by atoms with Crippen molar-refractivity contribution in [2.45, 2.75) is 6.42 Å². The first-order valence-corrected chi connectivity index (χ1v) is 4.04. The SMILES string of the molecule is N#CCc1ccc(B(O)O)cc1Cl. The van der Waals surface area contributed by atoms with Gasteiger partial charge in [-0.05, 0) is 17.1 Å². The van der Waals surface area contributed by atoms with Crippen LogP contribution in [0, 0.1) is 11.3 Å². The normalized spacial score (nSPS) is 9.38. The maximum absolute atomic E-state index is 8.80. The minimum atomic E-state index is -1.52. The summed E-state index contributed by atoms with van der Waals surface area (Å²) in [5, 5.41) is 26.4. The van der Waals surface area contributed by atoms with Gasteiger partial charge in [0.25, 0.3) is 0 Å². The molecule has 13 heavy (non-hydrogen) atoms. The van der Waals surface area contributed by atoms with Crippen LogP contribution in [-0.4, -0.2) is 17.2 Å². The number of nitriles is 1. The van der Waals surface area contributed by atoms with Crippen LogP contribution < -0.4 is 5.46 Å². The van der Waals surface area contributed by atoms with Crippen molar-refractivity contribution >= 4 is 24.2 Å². The molecule has 0 aliphatic carbocycles. The monoisotopic (exact) mass is 195 g/mol. The molecule has 1 rings (SSSR count). The molecule has 0 radical (unpaired) electrons. The van der Waals surface area contributed by atoms with Crippen LogP contribution in [0.1, 0.15) is 5.56 Å². The number of hydrogen-bond acceptors (Lipinski definition) is 3. The molecular formula is C8H7BClNO2. The average Bonchev–Trinajstić information content (AvgIpc) is 2.08. The maximum atomic E-state index is 8.80. The van der Waals surface area contributed by atoms with Gasteiger partial charge < -0.3 is 10.0 Å². The number of benzene rings is 1. The summed E-state index contributed by atoms with van der Waals surface area (Å²) in [7, 11) is -1.52. The topological polar surface area (TPSA) is 64.2 Å². The summed E-state index contributed by atoms with van der Waals surface area (Å²) in [5.74, 6) is 0. The predicted octanol–water partition coefficient (Wildman–Crippen LogP) is 0.0859. The molecule has 3 nitrogen and oxygen atoms in total. The van der Waals surface area contributed by atoms with Crippen LogP contribution in [0.4, 0.5) is 0 Å². The number of halogens is 1. The van der Waals surface area contributed by atoms with E-state index in [9.17, 15) is 0 Å². The molecule has 0 aliphatic heterocycles. The molecule has 0 saturated heterocycles. The molecule has 2 N–H and O–H groups in total. The van der Waals surface area contributed by atoms with Crippen LogP contribution in [0.2, 0.25) is 5.02 Å². The molecule has 0 aliphatic rings. The maximum Gasteiger partial charge on any atom is 0.488 e. The Balaban J connectivity index is 3.00. The molecule has 0 saturated carbocycles. The fourth-order valence-corrected chi connectivity index (χ4v) is 1.21. The molecule has 66 valence electrons. The number of hydrogen-bond donors (Lipinski definition) is 2. The summed E-state index contributed by atoms with van der Waals surface area (Å²) in [6.45, 7) is 0. The van der Waals surface area contributed by atoms with Crippen molar-refractivity contribution in [1.29, 1.82) is 5.26 Å². The molecule has 0 heterocycles. The van der Waals surface area contributed by atoms with E-state index < -0.39 is 7.12 Å². The van der Waals surface area contributed by atoms with Crippen molar-refractivity contribution in [2.75, 3.05) is 0 Å². The molecular weight excluding hydrogens is 188 g/mol. The van der Waals surface area contributed by atoms with Crippen molar-refractivity contribution in [2.24, 2.45) is 0 Å². The lowest BCUT2D eigenvalue weighted by molar-refractivity contribution is 0.426. The highest BCUT2D eigenvalue weighted by Crippen LogP contribution is 2.13. The Hall–Kier alpha value is -1.02. The minimum Gasteiger partial charge on any atom is -0.423 e. The van der Waals surface area contributed by atoms with Crippen LogP contribution in [0.5, 0.6) is 0 Å². The Morgan fingerprint density at radius 1 is 1.46 bits per heavy atom. The summed E-state index contributed by atoms with van der Waals surface area (Å²) in [6.07, 6.45) is 0.223. The lowest BCUT2D eigenvalue weighted by Gasteiger charge is -2.02. The van der Waals surface area contributed by atoms with Gasteiger partial charge in [-0.15, -0.1) is 0 Å². The summed E-state index contributed by atoms with van der Waals surface area (Å²) < 4.78 is 0. The Morgan fingerprint density at radius 2 is 2.15 bits per heavy atom. The molecule has 0 unspecified atom stereocenters. The van der Waals surface area contributed by atoms with Gasteiger partial charge in [0, 0.05) is 5.02 Å². The van der Waals surface area contributed by atoms with Gasteiger partial charge in [-0.1, -0.05) is 23.7 Å². The lowest BCUT2D eigenvalue weighted by atomic mass is 9.80. The van der Waals surface area contributed by atoms with Crippen LogP contribution >= 0.6 is 11.6 Å². The van der Waals surface area contributed by atoms with Crippen molar-refractivity contribution in [3.05, 3.63) is 28.8 Å². The van der Waals surface area contributed by atoms with E-state index in [-0.39, 0.29) is 6.42 Å². The summed E-state index contributed by atoms with van der Waals surface area (Å²) in [4.78, 5) is 0. The Morgan fingerprint density at radius 3 is 2.62 bits per heavy atom. The van der Waals surface area contributed by atoms with Crippen LogP contribution in [-0.2, 0) is 6.42 Å². The van der Waals surface area contributed by atoms with Gasteiger partial charge in [-0.25, -0.2) is 0 Å². The minimum absolute atomic E-state index is 0.223. The van der Waals surface area contributed by atoms with Crippen molar-refractivity contribution < 1.29 is 10.0 Å². The molecule has 0 bridgehead atoms. The van der Waals surface area contributed by atoms with Gasteiger partial charge >= 0.3 is 7.12 Å². The number of nitrogens with zero attached hydrogens (tertiary/aromatic N) is 1. The summed E-state index contributed by atoms with van der Waals surface area (Å²) in [5.41, 5.74) is 1.01. The fraction of sp³-hybridized carbons (Fsp3) is 0.125. The second-order valence-electron chi connectivity index (χ2n) is 2.56. The quantitative estimate of drug-likeness (QED) is 0.657.